The zero-order chi connectivity index (χ0) is 19.7. The second-order valence-electron chi connectivity index (χ2n) is 6.94. The number of carbonyl (C=O) groups excluding carboxylic acids is 1. The molecule has 2 aromatic carbocycles. The van der Waals surface area contributed by atoms with Gasteiger partial charge in [0.1, 0.15) is 0 Å². The van der Waals surface area contributed by atoms with E-state index in [1.165, 1.54) is 0 Å². The van der Waals surface area contributed by atoms with Gasteiger partial charge < -0.3 is 15.2 Å². The Kier molecular flexibility index (Phi) is 5.29. The van der Waals surface area contributed by atoms with E-state index in [1.807, 2.05) is 81.4 Å². The van der Waals surface area contributed by atoms with Crippen molar-refractivity contribution in [1.82, 2.24) is 4.57 Å². The molecule has 0 radical (unpaired) electrons. The number of anilines is 1. The molecule has 140 valence electrons. The van der Waals surface area contributed by atoms with Crippen molar-refractivity contribution >= 4 is 23.2 Å². The molecular formula is C22H24ClN3O. The maximum absolute atomic E-state index is 12.2. The lowest BCUT2D eigenvalue weighted by molar-refractivity contribution is 0.1000. The van der Waals surface area contributed by atoms with E-state index in [2.05, 4.69) is 4.57 Å². The minimum absolute atomic E-state index is 0.410. The molecule has 0 spiro atoms. The van der Waals surface area contributed by atoms with E-state index >= 15 is 0 Å². The van der Waals surface area contributed by atoms with E-state index in [9.17, 15) is 4.79 Å². The van der Waals surface area contributed by atoms with E-state index in [0.29, 0.717) is 17.1 Å². The van der Waals surface area contributed by atoms with Crippen molar-refractivity contribution in [3.05, 3.63) is 76.1 Å². The lowest BCUT2D eigenvalue weighted by Gasteiger charge is -2.13. The highest BCUT2D eigenvalue weighted by atomic mass is 35.5. The number of halogens is 1. The van der Waals surface area contributed by atoms with E-state index in [-0.39, 0.29) is 0 Å². The third-order valence-electron chi connectivity index (χ3n) is 4.93. The van der Waals surface area contributed by atoms with Gasteiger partial charge in [0.25, 0.3) is 5.91 Å². The van der Waals surface area contributed by atoms with Crippen molar-refractivity contribution in [2.75, 3.05) is 19.0 Å². The van der Waals surface area contributed by atoms with Crippen LogP contribution in [-0.2, 0) is 6.54 Å². The average molecular weight is 382 g/mol. The first-order valence-electron chi connectivity index (χ1n) is 8.81. The first-order valence-corrected chi connectivity index (χ1v) is 9.19. The number of nitrogens with zero attached hydrogens (tertiary/aromatic N) is 2. The number of aromatic nitrogens is 1. The Morgan fingerprint density at radius 3 is 2.30 bits per heavy atom. The topological polar surface area (TPSA) is 51.3 Å². The van der Waals surface area contributed by atoms with E-state index in [4.69, 9.17) is 17.3 Å². The van der Waals surface area contributed by atoms with Crippen LogP contribution in [0.4, 0.5) is 5.69 Å². The number of rotatable bonds is 5. The molecule has 0 bridgehead atoms. The molecule has 0 atom stereocenters. The number of nitrogens with two attached hydrogens (primary N) is 1. The summed E-state index contributed by atoms with van der Waals surface area (Å²) < 4.78 is 2.13. The summed E-state index contributed by atoms with van der Waals surface area (Å²) in [5, 5.41) is 0.699. The SMILES string of the molecule is Cc1c(C(N)=O)c(-c2ccc(N(C)C)cc2)c(C)n1Cc1cccc(Cl)c1. The van der Waals surface area contributed by atoms with Gasteiger partial charge in [-0.15, -0.1) is 0 Å². The van der Waals surface area contributed by atoms with E-state index in [0.717, 1.165) is 33.8 Å². The fourth-order valence-electron chi connectivity index (χ4n) is 3.52. The highest BCUT2D eigenvalue weighted by Crippen LogP contribution is 2.33. The average Bonchev–Trinajstić information content (AvgIpc) is 2.86. The molecule has 27 heavy (non-hydrogen) atoms. The second-order valence-corrected chi connectivity index (χ2v) is 7.38. The van der Waals surface area contributed by atoms with Crippen LogP contribution in [0.25, 0.3) is 11.1 Å². The van der Waals surface area contributed by atoms with Crippen LogP contribution in [0, 0.1) is 13.8 Å². The summed E-state index contributed by atoms with van der Waals surface area (Å²) >= 11 is 6.13. The lowest BCUT2D eigenvalue weighted by Crippen LogP contribution is -2.13. The number of carbonyl (C=O) groups is 1. The van der Waals surface area contributed by atoms with Crippen LogP contribution in [0.15, 0.2) is 48.5 Å². The number of hydrogen-bond donors (Lipinski definition) is 1. The summed E-state index contributed by atoms with van der Waals surface area (Å²) in [6, 6.07) is 15.9. The third-order valence-corrected chi connectivity index (χ3v) is 5.17. The quantitative estimate of drug-likeness (QED) is 0.700. The minimum atomic E-state index is -0.410. The van der Waals surface area contributed by atoms with Crippen LogP contribution < -0.4 is 10.6 Å². The molecule has 0 saturated heterocycles. The minimum Gasteiger partial charge on any atom is -0.378 e. The summed E-state index contributed by atoms with van der Waals surface area (Å²) in [6.45, 7) is 4.60. The fourth-order valence-corrected chi connectivity index (χ4v) is 3.73. The Morgan fingerprint density at radius 1 is 1.07 bits per heavy atom. The van der Waals surface area contributed by atoms with Gasteiger partial charge in [0.05, 0.1) is 5.56 Å². The number of primary amides is 1. The molecule has 3 rings (SSSR count). The van der Waals surface area contributed by atoms with Crippen molar-refractivity contribution in [1.29, 1.82) is 0 Å². The van der Waals surface area contributed by atoms with Gasteiger partial charge >= 0.3 is 0 Å². The molecule has 1 heterocycles. The molecule has 3 aromatic rings. The Morgan fingerprint density at radius 2 is 1.74 bits per heavy atom. The maximum Gasteiger partial charge on any atom is 0.251 e. The molecule has 0 unspecified atom stereocenters. The monoisotopic (exact) mass is 381 g/mol. The second kappa shape index (κ2) is 7.49. The Labute approximate surface area is 165 Å². The van der Waals surface area contributed by atoms with Crippen LogP contribution in [0.1, 0.15) is 27.3 Å². The zero-order valence-corrected chi connectivity index (χ0v) is 16.8. The van der Waals surface area contributed by atoms with Gasteiger partial charge in [-0.25, -0.2) is 0 Å². The van der Waals surface area contributed by atoms with Gasteiger partial charge in [0.15, 0.2) is 0 Å². The van der Waals surface area contributed by atoms with Crippen LogP contribution >= 0.6 is 11.6 Å². The third kappa shape index (κ3) is 3.71. The first-order chi connectivity index (χ1) is 12.8. The number of benzene rings is 2. The zero-order valence-electron chi connectivity index (χ0n) is 16.1. The van der Waals surface area contributed by atoms with Crippen molar-refractivity contribution in [2.24, 2.45) is 5.73 Å². The molecule has 0 aliphatic carbocycles. The van der Waals surface area contributed by atoms with Gasteiger partial charge in [0, 0.05) is 48.3 Å². The highest BCUT2D eigenvalue weighted by molar-refractivity contribution is 6.30. The summed E-state index contributed by atoms with van der Waals surface area (Å²) in [4.78, 5) is 14.3. The molecule has 4 nitrogen and oxygen atoms in total. The summed E-state index contributed by atoms with van der Waals surface area (Å²) in [5.74, 6) is -0.410. The summed E-state index contributed by atoms with van der Waals surface area (Å²) in [5.41, 5.74) is 12.3. The lowest BCUT2D eigenvalue weighted by atomic mass is 10.00. The fraction of sp³-hybridized carbons (Fsp3) is 0.227. The molecule has 2 N–H and O–H groups in total. The van der Waals surface area contributed by atoms with Crippen LogP contribution in [0.5, 0.6) is 0 Å². The highest BCUT2D eigenvalue weighted by Gasteiger charge is 2.22. The number of amides is 1. The Balaban J connectivity index is 2.12. The summed E-state index contributed by atoms with van der Waals surface area (Å²) in [6.07, 6.45) is 0. The van der Waals surface area contributed by atoms with Gasteiger partial charge in [-0.3, -0.25) is 4.79 Å². The normalized spacial score (nSPS) is 10.9. The van der Waals surface area contributed by atoms with Crippen LogP contribution in [0.2, 0.25) is 5.02 Å². The molecular weight excluding hydrogens is 358 g/mol. The predicted octanol–water partition coefficient (Wildman–Crippen LogP) is 4.64. The molecule has 0 aliphatic heterocycles. The van der Waals surface area contributed by atoms with Gasteiger partial charge in [-0.2, -0.15) is 0 Å². The van der Waals surface area contributed by atoms with Crippen molar-refractivity contribution < 1.29 is 4.79 Å². The predicted molar refractivity (Wildman–Crippen MR) is 113 cm³/mol. The standard InChI is InChI=1S/C22H24ClN3O/c1-14-20(17-8-10-19(11-9-17)25(3)4)21(22(24)27)15(2)26(14)13-16-6-5-7-18(23)12-16/h5-12H,13H2,1-4H3,(H2,24,27). The largest absolute Gasteiger partial charge is 0.378 e. The van der Waals surface area contributed by atoms with Crippen molar-refractivity contribution in [3.63, 3.8) is 0 Å². The van der Waals surface area contributed by atoms with Crippen molar-refractivity contribution in [3.8, 4) is 11.1 Å². The molecule has 5 heteroatoms. The maximum atomic E-state index is 12.2. The molecule has 0 aliphatic rings. The molecule has 1 aromatic heterocycles. The van der Waals surface area contributed by atoms with E-state index < -0.39 is 5.91 Å². The van der Waals surface area contributed by atoms with Crippen molar-refractivity contribution in [2.45, 2.75) is 20.4 Å². The Bertz CT molecular complexity index is 988. The smallest absolute Gasteiger partial charge is 0.251 e. The first kappa shape index (κ1) is 19.1. The van der Waals surface area contributed by atoms with Crippen LogP contribution in [0.3, 0.4) is 0 Å². The molecule has 1 amide bonds. The van der Waals surface area contributed by atoms with Gasteiger partial charge in [-0.05, 0) is 49.2 Å². The van der Waals surface area contributed by atoms with Gasteiger partial charge in [0.2, 0.25) is 0 Å². The summed E-state index contributed by atoms with van der Waals surface area (Å²) in [7, 11) is 4.00. The molecule has 0 fully saturated rings. The number of hydrogen-bond acceptors (Lipinski definition) is 2. The Hall–Kier alpha value is -2.72. The van der Waals surface area contributed by atoms with E-state index in [1.54, 1.807) is 0 Å². The van der Waals surface area contributed by atoms with Crippen LogP contribution in [-0.4, -0.2) is 24.6 Å². The van der Waals surface area contributed by atoms with Gasteiger partial charge in [-0.1, -0.05) is 35.9 Å². The molecule has 0 saturated carbocycles.